The van der Waals surface area contributed by atoms with Crippen molar-refractivity contribution in [3.05, 3.63) is 40.1 Å². The molecule has 1 atom stereocenters. The van der Waals surface area contributed by atoms with Crippen molar-refractivity contribution in [1.82, 2.24) is 10.1 Å². The highest BCUT2D eigenvalue weighted by Gasteiger charge is 2.56. The molecule has 1 aromatic rings. The number of carbonyl (C=O) groups excluding carboxylic acids is 1. The number of aliphatic hydroxyl groups is 1. The first kappa shape index (κ1) is 19.4. The molecule has 0 bridgehead atoms. The zero-order chi connectivity index (χ0) is 20.1. The Labute approximate surface area is 165 Å². The Kier molecular flexibility index (Phi) is 4.95. The van der Waals surface area contributed by atoms with Crippen LogP contribution in [0.25, 0.3) is 5.57 Å². The van der Waals surface area contributed by atoms with Crippen LogP contribution in [-0.2, 0) is 14.4 Å². The molecule has 0 aromatic heterocycles. The van der Waals surface area contributed by atoms with Crippen LogP contribution in [0, 0.1) is 20.8 Å². The van der Waals surface area contributed by atoms with Crippen LogP contribution in [0.15, 0.2) is 17.9 Å². The van der Waals surface area contributed by atoms with E-state index in [-0.39, 0.29) is 17.8 Å². The molecule has 7 heteroatoms. The minimum Gasteiger partial charge on any atom is -0.509 e. The predicted molar refractivity (Wildman–Crippen MR) is 103 cm³/mol. The van der Waals surface area contributed by atoms with E-state index >= 15 is 0 Å². The lowest BCUT2D eigenvalue weighted by Crippen LogP contribution is -2.55. The second kappa shape index (κ2) is 7.15. The number of hydrogen-bond donors (Lipinski definition) is 2. The fraction of sp³-hybridized carbons (Fsp3) is 0.571. The maximum atomic E-state index is 13.5. The number of hydrogen-bond acceptors (Lipinski definition) is 6. The molecule has 2 saturated heterocycles. The number of benzene rings is 1. The minimum atomic E-state index is -0.946. The topological polar surface area (TPSA) is 82.5 Å². The van der Waals surface area contributed by atoms with Crippen LogP contribution < -0.4 is 0 Å². The molecule has 2 fully saturated rings. The SMILES string of the molecule is Cc1cc(C)c(C2=C(O)C3(CCN(O)CC3)N(OC3CCOC3)C2=O)c(C)c1. The van der Waals surface area contributed by atoms with Gasteiger partial charge in [-0.2, -0.15) is 5.06 Å². The van der Waals surface area contributed by atoms with Crippen molar-refractivity contribution in [3.63, 3.8) is 0 Å². The van der Waals surface area contributed by atoms with Crippen LogP contribution in [0.4, 0.5) is 0 Å². The van der Waals surface area contributed by atoms with Crippen LogP contribution in [0.5, 0.6) is 0 Å². The van der Waals surface area contributed by atoms with Crippen LogP contribution in [0.1, 0.15) is 41.5 Å². The van der Waals surface area contributed by atoms with Gasteiger partial charge in [0.05, 0.1) is 12.2 Å². The number of aliphatic hydroxyl groups excluding tert-OH is 1. The van der Waals surface area contributed by atoms with Crippen molar-refractivity contribution in [2.75, 3.05) is 26.3 Å². The van der Waals surface area contributed by atoms with Crippen molar-refractivity contribution in [2.45, 2.75) is 51.7 Å². The van der Waals surface area contributed by atoms with Gasteiger partial charge in [-0.1, -0.05) is 17.7 Å². The van der Waals surface area contributed by atoms with Gasteiger partial charge in [-0.25, -0.2) is 5.06 Å². The molecule has 152 valence electrons. The molecule has 1 amide bonds. The minimum absolute atomic E-state index is 0.0552. The van der Waals surface area contributed by atoms with E-state index in [1.165, 1.54) is 10.1 Å². The Morgan fingerprint density at radius 1 is 1.18 bits per heavy atom. The predicted octanol–water partition coefficient (Wildman–Crippen LogP) is 2.67. The number of nitrogens with zero attached hydrogens (tertiary/aromatic N) is 2. The zero-order valence-corrected chi connectivity index (χ0v) is 16.7. The molecule has 1 aromatic carbocycles. The third-order valence-electron chi connectivity index (χ3n) is 6.10. The van der Waals surface area contributed by atoms with Gasteiger partial charge in [0.2, 0.25) is 0 Å². The average molecular weight is 388 g/mol. The number of piperidine rings is 1. The summed E-state index contributed by atoms with van der Waals surface area (Å²) in [4.78, 5) is 19.6. The molecule has 7 nitrogen and oxygen atoms in total. The number of ether oxygens (including phenoxy) is 1. The third kappa shape index (κ3) is 3.03. The number of rotatable bonds is 3. The van der Waals surface area contributed by atoms with Crippen molar-refractivity contribution in [3.8, 4) is 0 Å². The second-order valence-corrected chi connectivity index (χ2v) is 8.17. The monoisotopic (exact) mass is 388 g/mol. The van der Waals surface area contributed by atoms with Gasteiger partial charge in [-0.15, -0.1) is 0 Å². The van der Waals surface area contributed by atoms with E-state index in [0.29, 0.717) is 51.1 Å². The van der Waals surface area contributed by atoms with E-state index in [1.807, 2.05) is 32.9 Å². The van der Waals surface area contributed by atoms with E-state index < -0.39 is 5.54 Å². The molecule has 0 aliphatic carbocycles. The van der Waals surface area contributed by atoms with Gasteiger partial charge in [-0.05, 0) is 50.3 Å². The molecule has 0 saturated carbocycles. The summed E-state index contributed by atoms with van der Waals surface area (Å²) >= 11 is 0. The summed E-state index contributed by atoms with van der Waals surface area (Å²) in [6.45, 7) is 7.69. The van der Waals surface area contributed by atoms with Crippen molar-refractivity contribution >= 4 is 11.5 Å². The molecule has 1 unspecified atom stereocenters. The smallest absolute Gasteiger partial charge is 0.282 e. The fourth-order valence-electron chi connectivity index (χ4n) is 4.72. The molecule has 0 radical (unpaired) electrons. The lowest BCUT2D eigenvalue weighted by Gasteiger charge is -2.42. The molecule has 28 heavy (non-hydrogen) atoms. The lowest BCUT2D eigenvalue weighted by molar-refractivity contribution is -0.247. The largest absolute Gasteiger partial charge is 0.509 e. The molecular weight excluding hydrogens is 360 g/mol. The van der Waals surface area contributed by atoms with Gasteiger partial charge in [-0.3, -0.25) is 9.63 Å². The molecule has 3 heterocycles. The van der Waals surface area contributed by atoms with Crippen molar-refractivity contribution < 1.29 is 24.7 Å². The highest BCUT2D eigenvalue weighted by atomic mass is 16.7. The molecule has 1 spiro atoms. The number of aryl methyl sites for hydroxylation is 3. The third-order valence-corrected chi connectivity index (χ3v) is 6.10. The van der Waals surface area contributed by atoms with E-state index in [0.717, 1.165) is 22.3 Å². The van der Waals surface area contributed by atoms with E-state index in [9.17, 15) is 15.1 Å². The Balaban J connectivity index is 1.80. The fourth-order valence-corrected chi connectivity index (χ4v) is 4.72. The van der Waals surface area contributed by atoms with Gasteiger partial charge < -0.3 is 15.1 Å². The normalized spacial score (nSPS) is 25.4. The Morgan fingerprint density at radius 2 is 1.82 bits per heavy atom. The standard InChI is InChI=1S/C21H28N2O5/c1-13-10-14(2)17(15(3)11-13)18-19(24)21(5-7-22(26)8-6-21)23(20(18)25)28-16-4-9-27-12-16/h10-11,16,24,26H,4-9,12H2,1-3H3. The summed E-state index contributed by atoms with van der Waals surface area (Å²) in [7, 11) is 0. The Hall–Kier alpha value is -1.93. The lowest BCUT2D eigenvalue weighted by atomic mass is 9.85. The number of amides is 1. The first-order valence-electron chi connectivity index (χ1n) is 9.88. The molecule has 2 N–H and O–H groups in total. The van der Waals surface area contributed by atoms with E-state index in [2.05, 4.69) is 0 Å². The van der Waals surface area contributed by atoms with Crippen LogP contribution in [0.2, 0.25) is 0 Å². The van der Waals surface area contributed by atoms with Gasteiger partial charge >= 0.3 is 0 Å². The summed E-state index contributed by atoms with van der Waals surface area (Å²) in [6, 6.07) is 4.04. The maximum absolute atomic E-state index is 13.5. The first-order chi connectivity index (χ1) is 13.3. The van der Waals surface area contributed by atoms with Crippen LogP contribution >= 0.6 is 0 Å². The molecular formula is C21H28N2O5. The number of carbonyl (C=O) groups is 1. The maximum Gasteiger partial charge on any atom is 0.282 e. The number of hydroxylamine groups is 4. The Bertz CT molecular complexity index is 797. The van der Waals surface area contributed by atoms with Gasteiger partial charge in [0.1, 0.15) is 17.4 Å². The van der Waals surface area contributed by atoms with Gasteiger partial charge in [0, 0.05) is 26.1 Å². The highest BCUT2D eigenvalue weighted by Crippen LogP contribution is 2.46. The van der Waals surface area contributed by atoms with Crippen LogP contribution in [-0.4, -0.2) is 64.3 Å². The molecule has 4 rings (SSSR count). The summed E-state index contributed by atoms with van der Waals surface area (Å²) in [6.07, 6.45) is 1.31. The zero-order valence-electron chi connectivity index (χ0n) is 16.7. The summed E-state index contributed by atoms with van der Waals surface area (Å²) in [5.41, 5.74) is 3.16. The van der Waals surface area contributed by atoms with E-state index in [4.69, 9.17) is 9.57 Å². The van der Waals surface area contributed by atoms with Crippen LogP contribution in [0.3, 0.4) is 0 Å². The second-order valence-electron chi connectivity index (χ2n) is 8.17. The molecule has 3 aliphatic rings. The summed E-state index contributed by atoms with van der Waals surface area (Å²) in [5, 5.41) is 23.8. The Morgan fingerprint density at radius 3 is 2.39 bits per heavy atom. The first-order valence-corrected chi connectivity index (χ1v) is 9.88. The quantitative estimate of drug-likeness (QED) is 0.828. The summed E-state index contributed by atoms with van der Waals surface area (Å²) in [5.74, 6) is -0.259. The highest BCUT2D eigenvalue weighted by molar-refractivity contribution is 6.23. The van der Waals surface area contributed by atoms with Gasteiger partial charge in [0.25, 0.3) is 5.91 Å². The van der Waals surface area contributed by atoms with E-state index in [1.54, 1.807) is 0 Å². The molecule has 3 aliphatic heterocycles. The average Bonchev–Trinajstić information content (AvgIpc) is 3.21. The van der Waals surface area contributed by atoms with Gasteiger partial charge in [0.15, 0.2) is 0 Å². The van der Waals surface area contributed by atoms with Crippen molar-refractivity contribution in [2.24, 2.45) is 0 Å². The summed E-state index contributed by atoms with van der Waals surface area (Å²) < 4.78 is 5.40. The van der Waals surface area contributed by atoms with Crippen molar-refractivity contribution in [1.29, 1.82) is 0 Å².